The molecule has 0 atom stereocenters. The van der Waals surface area contributed by atoms with Crippen LogP contribution in [0.2, 0.25) is 0 Å². The summed E-state index contributed by atoms with van der Waals surface area (Å²) < 4.78 is 0. The maximum Gasteiger partial charge on any atom is 0.0437 e. The zero-order chi connectivity index (χ0) is 14.7. The standard InChI is InChI=1S/C19H24N2/c1-15-6-4-8-17(12-15)19(10-2-3-11-19)21-14-16-7-5-9-18(20)13-16/h4-9,12-13,21H,2-3,10-11,14,20H2,1H3. The first-order valence-electron chi connectivity index (χ1n) is 7.85. The Hall–Kier alpha value is -1.80. The molecule has 1 aliphatic rings. The minimum Gasteiger partial charge on any atom is -0.399 e. The molecule has 3 rings (SSSR count). The number of hydrogen-bond donors (Lipinski definition) is 2. The molecule has 3 N–H and O–H groups in total. The normalized spacial score (nSPS) is 17.0. The maximum absolute atomic E-state index is 5.88. The molecule has 21 heavy (non-hydrogen) atoms. The number of anilines is 1. The molecule has 0 amide bonds. The quantitative estimate of drug-likeness (QED) is 0.826. The van der Waals surface area contributed by atoms with Crippen LogP contribution in [0.25, 0.3) is 0 Å². The Morgan fingerprint density at radius 3 is 2.52 bits per heavy atom. The average Bonchev–Trinajstić information content (AvgIpc) is 2.95. The lowest BCUT2D eigenvalue weighted by atomic mass is 9.87. The predicted octanol–water partition coefficient (Wildman–Crippen LogP) is 4.14. The van der Waals surface area contributed by atoms with Crippen LogP contribution in [-0.4, -0.2) is 0 Å². The van der Waals surface area contributed by atoms with E-state index in [0.29, 0.717) is 0 Å². The number of hydrogen-bond acceptors (Lipinski definition) is 2. The summed E-state index contributed by atoms with van der Waals surface area (Å²) in [4.78, 5) is 0. The van der Waals surface area contributed by atoms with Gasteiger partial charge in [0.05, 0.1) is 0 Å². The van der Waals surface area contributed by atoms with E-state index in [-0.39, 0.29) is 5.54 Å². The van der Waals surface area contributed by atoms with Crippen LogP contribution in [0.5, 0.6) is 0 Å². The zero-order valence-electron chi connectivity index (χ0n) is 12.7. The summed E-state index contributed by atoms with van der Waals surface area (Å²) in [5.74, 6) is 0. The fraction of sp³-hybridized carbons (Fsp3) is 0.368. The largest absolute Gasteiger partial charge is 0.399 e. The van der Waals surface area contributed by atoms with Crippen molar-refractivity contribution >= 4 is 5.69 Å². The smallest absolute Gasteiger partial charge is 0.0437 e. The van der Waals surface area contributed by atoms with Crippen molar-refractivity contribution < 1.29 is 0 Å². The molecule has 0 radical (unpaired) electrons. The second-order valence-corrected chi connectivity index (χ2v) is 6.26. The molecule has 0 aromatic heterocycles. The summed E-state index contributed by atoms with van der Waals surface area (Å²) in [6.07, 6.45) is 5.05. The molecule has 0 unspecified atom stereocenters. The van der Waals surface area contributed by atoms with E-state index in [1.165, 1.54) is 42.4 Å². The van der Waals surface area contributed by atoms with Gasteiger partial charge < -0.3 is 11.1 Å². The monoisotopic (exact) mass is 280 g/mol. The Balaban J connectivity index is 1.81. The molecule has 2 aromatic rings. The van der Waals surface area contributed by atoms with E-state index < -0.39 is 0 Å². The van der Waals surface area contributed by atoms with Crippen LogP contribution in [0.1, 0.15) is 42.4 Å². The molecule has 0 spiro atoms. The van der Waals surface area contributed by atoms with Gasteiger partial charge in [-0.3, -0.25) is 0 Å². The van der Waals surface area contributed by atoms with Gasteiger partial charge in [0.25, 0.3) is 0 Å². The molecule has 1 aliphatic carbocycles. The highest BCUT2D eigenvalue weighted by molar-refractivity contribution is 5.40. The second kappa shape index (κ2) is 5.90. The molecule has 0 saturated heterocycles. The Morgan fingerprint density at radius 1 is 1.05 bits per heavy atom. The van der Waals surface area contributed by atoms with E-state index in [1.54, 1.807) is 0 Å². The molecule has 0 heterocycles. The summed E-state index contributed by atoms with van der Waals surface area (Å²) in [6, 6.07) is 17.1. The minimum atomic E-state index is 0.136. The number of rotatable bonds is 4. The number of nitrogens with one attached hydrogen (secondary N) is 1. The van der Waals surface area contributed by atoms with Crippen LogP contribution in [0.4, 0.5) is 5.69 Å². The fourth-order valence-electron chi connectivity index (χ4n) is 3.46. The van der Waals surface area contributed by atoms with Gasteiger partial charge in [-0.2, -0.15) is 0 Å². The summed E-state index contributed by atoms with van der Waals surface area (Å²) in [6.45, 7) is 3.04. The molecule has 2 heteroatoms. The summed E-state index contributed by atoms with van der Waals surface area (Å²) in [5, 5.41) is 3.83. The first kappa shape index (κ1) is 14.2. The van der Waals surface area contributed by atoms with Crippen LogP contribution in [0, 0.1) is 6.92 Å². The van der Waals surface area contributed by atoms with E-state index >= 15 is 0 Å². The molecule has 1 fully saturated rings. The number of nitrogens with two attached hydrogens (primary N) is 1. The van der Waals surface area contributed by atoms with E-state index in [2.05, 4.69) is 48.6 Å². The van der Waals surface area contributed by atoms with Crippen molar-refractivity contribution in [2.75, 3.05) is 5.73 Å². The maximum atomic E-state index is 5.88. The lowest BCUT2D eigenvalue weighted by molar-refractivity contribution is 0.338. The summed E-state index contributed by atoms with van der Waals surface area (Å²) >= 11 is 0. The van der Waals surface area contributed by atoms with Gasteiger partial charge in [-0.15, -0.1) is 0 Å². The average molecular weight is 280 g/mol. The van der Waals surface area contributed by atoms with Crippen molar-refractivity contribution in [3.05, 3.63) is 65.2 Å². The van der Waals surface area contributed by atoms with Gasteiger partial charge in [0.15, 0.2) is 0 Å². The third-order valence-corrected chi connectivity index (χ3v) is 4.61. The Bertz CT molecular complexity index is 612. The van der Waals surface area contributed by atoms with Crippen molar-refractivity contribution in [1.29, 1.82) is 0 Å². The molecule has 0 aliphatic heterocycles. The van der Waals surface area contributed by atoms with Crippen molar-refractivity contribution in [1.82, 2.24) is 5.32 Å². The van der Waals surface area contributed by atoms with Crippen molar-refractivity contribution in [3.8, 4) is 0 Å². The van der Waals surface area contributed by atoms with Gasteiger partial charge in [0.2, 0.25) is 0 Å². The van der Waals surface area contributed by atoms with Gasteiger partial charge in [-0.25, -0.2) is 0 Å². The molecule has 0 bridgehead atoms. The van der Waals surface area contributed by atoms with Gasteiger partial charge in [-0.05, 0) is 43.0 Å². The van der Waals surface area contributed by atoms with Crippen LogP contribution in [0.15, 0.2) is 48.5 Å². The van der Waals surface area contributed by atoms with Crippen LogP contribution >= 0.6 is 0 Å². The summed E-state index contributed by atoms with van der Waals surface area (Å²) in [5.41, 5.74) is 10.9. The third-order valence-electron chi connectivity index (χ3n) is 4.61. The van der Waals surface area contributed by atoms with Gasteiger partial charge in [-0.1, -0.05) is 54.8 Å². The van der Waals surface area contributed by atoms with E-state index in [1.807, 2.05) is 12.1 Å². The first-order chi connectivity index (χ1) is 10.2. The van der Waals surface area contributed by atoms with Crippen LogP contribution in [-0.2, 0) is 12.1 Å². The third kappa shape index (κ3) is 3.11. The topological polar surface area (TPSA) is 38.0 Å². The zero-order valence-corrected chi connectivity index (χ0v) is 12.7. The molecule has 2 aromatic carbocycles. The highest BCUT2D eigenvalue weighted by Crippen LogP contribution is 2.39. The van der Waals surface area contributed by atoms with Crippen molar-refractivity contribution in [3.63, 3.8) is 0 Å². The predicted molar refractivity (Wildman–Crippen MR) is 89.0 cm³/mol. The lowest BCUT2D eigenvalue weighted by Crippen LogP contribution is -2.39. The molecular weight excluding hydrogens is 256 g/mol. The Labute approximate surface area is 127 Å². The van der Waals surface area contributed by atoms with Gasteiger partial charge in [0, 0.05) is 17.8 Å². The van der Waals surface area contributed by atoms with Gasteiger partial charge in [0.1, 0.15) is 0 Å². The molecule has 2 nitrogen and oxygen atoms in total. The van der Waals surface area contributed by atoms with E-state index in [4.69, 9.17) is 5.73 Å². The van der Waals surface area contributed by atoms with Crippen molar-refractivity contribution in [2.45, 2.75) is 44.7 Å². The van der Waals surface area contributed by atoms with Gasteiger partial charge >= 0.3 is 0 Å². The van der Waals surface area contributed by atoms with Crippen molar-refractivity contribution in [2.24, 2.45) is 0 Å². The minimum absolute atomic E-state index is 0.136. The second-order valence-electron chi connectivity index (χ2n) is 6.26. The summed E-state index contributed by atoms with van der Waals surface area (Å²) in [7, 11) is 0. The fourth-order valence-corrected chi connectivity index (χ4v) is 3.46. The lowest BCUT2D eigenvalue weighted by Gasteiger charge is -2.32. The van der Waals surface area contributed by atoms with E-state index in [0.717, 1.165) is 12.2 Å². The Morgan fingerprint density at radius 2 is 1.81 bits per heavy atom. The van der Waals surface area contributed by atoms with Crippen LogP contribution in [0.3, 0.4) is 0 Å². The number of benzene rings is 2. The number of nitrogen functional groups attached to an aromatic ring is 1. The Kier molecular flexibility index (Phi) is 3.98. The highest BCUT2D eigenvalue weighted by Gasteiger charge is 2.34. The van der Waals surface area contributed by atoms with Crippen LogP contribution < -0.4 is 11.1 Å². The first-order valence-corrected chi connectivity index (χ1v) is 7.85. The van der Waals surface area contributed by atoms with E-state index in [9.17, 15) is 0 Å². The number of aryl methyl sites for hydroxylation is 1. The molecule has 110 valence electrons. The SMILES string of the molecule is Cc1cccc(C2(NCc3cccc(N)c3)CCCC2)c1. The highest BCUT2D eigenvalue weighted by atomic mass is 15.0. The molecule has 1 saturated carbocycles. The molecular formula is C19H24N2.